The van der Waals surface area contributed by atoms with Crippen molar-refractivity contribution in [2.75, 3.05) is 11.4 Å². The fourth-order valence-corrected chi connectivity index (χ4v) is 3.22. The third-order valence-corrected chi connectivity index (χ3v) is 4.38. The lowest BCUT2D eigenvalue weighted by atomic mass is 10.0. The third-order valence-electron chi connectivity index (χ3n) is 4.38. The number of amides is 1. The molecule has 3 heterocycles. The number of carbonyl (C=O) groups excluding carboxylic acids is 1. The highest BCUT2D eigenvalue weighted by Crippen LogP contribution is 2.32. The van der Waals surface area contributed by atoms with Gasteiger partial charge < -0.3 is 4.90 Å². The lowest BCUT2D eigenvalue weighted by Gasteiger charge is -2.32. The van der Waals surface area contributed by atoms with E-state index in [2.05, 4.69) is 17.0 Å². The molecule has 0 saturated heterocycles. The van der Waals surface area contributed by atoms with Gasteiger partial charge in [-0.25, -0.2) is 0 Å². The number of aryl methyl sites for hydroxylation is 1. The van der Waals surface area contributed by atoms with Crippen molar-refractivity contribution in [2.45, 2.75) is 19.9 Å². The monoisotopic (exact) mass is 318 g/mol. The van der Waals surface area contributed by atoms with Gasteiger partial charge in [-0.3, -0.25) is 14.5 Å². The van der Waals surface area contributed by atoms with Crippen LogP contribution < -0.4 is 4.90 Å². The minimum Gasteiger partial charge on any atom is -0.305 e. The number of nitrogens with zero attached hydrogens (tertiary/aromatic N) is 4. The molecule has 0 fully saturated rings. The zero-order valence-corrected chi connectivity index (χ0v) is 13.7. The second kappa shape index (κ2) is 5.60. The van der Waals surface area contributed by atoms with E-state index >= 15 is 0 Å². The number of rotatable bonds is 2. The second-order valence-electron chi connectivity index (χ2n) is 6.14. The van der Waals surface area contributed by atoms with Crippen molar-refractivity contribution in [1.29, 1.82) is 0 Å². The third kappa shape index (κ3) is 2.29. The highest BCUT2D eigenvalue weighted by Gasteiger charge is 2.33. The molecule has 1 aliphatic heterocycles. The number of pyridine rings is 1. The number of aromatic nitrogens is 3. The largest absolute Gasteiger partial charge is 0.305 e. The number of para-hydroxylation sites is 1. The summed E-state index contributed by atoms with van der Waals surface area (Å²) in [7, 11) is 0. The maximum Gasteiger partial charge on any atom is 0.277 e. The van der Waals surface area contributed by atoms with Crippen molar-refractivity contribution in [1.82, 2.24) is 14.8 Å². The molecule has 0 unspecified atom stereocenters. The number of benzene rings is 1. The van der Waals surface area contributed by atoms with Crippen molar-refractivity contribution >= 4 is 11.6 Å². The van der Waals surface area contributed by atoms with Crippen LogP contribution in [0, 0.1) is 6.92 Å². The highest BCUT2D eigenvalue weighted by atomic mass is 16.2. The van der Waals surface area contributed by atoms with E-state index < -0.39 is 0 Å². The fourth-order valence-electron chi connectivity index (χ4n) is 3.22. The standard InChI is InChI=1S/C19H18N4O/c1-13-10-15(8-9-20-13)17-11-21-23-14(2)12-22(19(24)18(17)23)16-6-4-3-5-7-16/h3-11,14H,12H2,1-2H3/t14-/m0/s1. The molecule has 0 radical (unpaired) electrons. The molecule has 1 amide bonds. The van der Waals surface area contributed by atoms with E-state index in [1.807, 2.05) is 59.0 Å². The van der Waals surface area contributed by atoms with E-state index in [-0.39, 0.29) is 11.9 Å². The van der Waals surface area contributed by atoms with Crippen LogP contribution in [0.15, 0.2) is 54.9 Å². The average molecular weight is 318 g/mol. The number of hydrogen-bond acceptors (Lipinski definition) is 3. The lowest BCUT2D eigenvalue weighted by Crippen LogP contribution is -2.42. The number of fused-ring (bicyclic) bond motifs is 1. The average Bonchev–Trinajstić information content (AvgIpc) is 3.05. The van der Waals surface area contributed by atoms with Gasteiger partial charge >= 0.3 is 0 Å². The molecule has 5 nitrogen and oxygen atoms in total. The quantitative estimate of drug-likeness (QED) is 0.727. The minimum atomic E-state index is -0.0127. The predicted octanol–water partition coefficient (Wildman–Crippen LogP) is 3.47. The van der Waals surface area contributed by atoms with Crippen LogP contribution in [0.5, 0.6) is 0 Å². The molecular formula is C19H18N4O. The number of anilines is 1. The van der Waals surface area contributed by atoms with Gasteiger partial charge in [0, 0.05) is 29.7 Å². The zero-order chi connectivity index (χ0) is 16.7. The van der Waals surface area contributed by atoms with Gasteiger partial charge in [-0.1, -0.05) is 18.2 Å². The SMILES string of the molecule is Cc1cc(-c2cnn3c2C(=O)N(c2ccccc2)C[C@@H]3C)ccn1. The van der Waals surface area contributed by atoms with Crippen LogP contribution in [0.2, 0.25) is 0 Å². The molecule has 0 spiro atoms. The zero-order valence-electron chi connectivity index (χ0n) is 13.7. The van der Waals surface area contributed by atoms with Gasteiger partial charge in [0.05, 0.1) is 12.2 Å². The molecule has 1 aliphatic rings. The molecule has 1 aromatic carbocycles. The van der Waals surface area contributed by atoms with Crippen molar-refractivity contribution in [3.05, 3.63) is 66.2 Å². The van der Waals surface area contributed by atoms with Crippen LogP contribution in [-0.2, 0) is 0 Å². The summed E-state index contributed by atoms with van der Waals surface area (Å²) in [5.74, 6) is -0.0127. The van der Waals surface area contributed by atoms with Gasteiger partial charge in [-0.05, 0) is 43.7 Å². The van der Waals surface area contributed by atoms with Crippen LogP contribution in [0.1, 0.15) is 29.1 Å². The van der Waals surface area contributed by atoms with Crippen LogP contribution in [-0.4, -0.2) is 27.2 Å². The molecule has 24 heavy (non-hydrogen) atoms. The smallest absolute Gasteiger partial charge is 0.277 e. The Morgan fingerprint density at radius 2 is 1.96 bits per heavy atom. The summed E-state index contributed by atoms with van der Waals surface area (Å²) in [6, 6.07) is 13.8. The van der Waals surface area contributed by atoms with Crippen molar-refractivity contribution in [3.8, 4) is 11.1 Å². The normalized spacial score (nSPS) is 17.0. The van der Waals surface area contributed by atoms with Crippen LogP contribution >= 0.6 is 0 Å². The van der Waals surface area contributed by atoms with Gasteiger partial charge in [0.15, 0.2) is 0 Å². The Labute approximate surface area is 140 Å². The number of hydrogen-bond donors (Lipinski definition) is 0. The molecule has 120 valence electrons. The first-order valence-electron chi connectivity index (χ1n) is 8.02. The molecule has 0 aliphatic carbocycles. The summed E-state index contributed by atoms with van der Waals surface area (Å²) in [6.45, 7) is 4.65. The van der Waals surface area contributed by atoms with Gasteiger partial charge in [0.2, 0.25) is 0 Å². The van der Waals surface area contributed by atoms with Crippen molar-refractivity contribution in [2.24, 2.45) is 0 Å². The van der Waals surface area contributed by atoms with Crippen molar-refractivity contribution in [3.63, 3.8) is 0 Å². The first-order chi connectivity index (χ1) is 11.6. The molecule has 3 aromatic rings. The second-order valence-corrected chi connectivity index (χ2v) is 6.14. The maximum absolute atomic E-state index is 13.2. The maximum atomic E-state index is 13.2. The molecule has 5 heteroatoms. The Balaban J connectivity index is 1.83. The van der Waals surface area contributed by atoms with E-state index in [0.717, 1.165) is 22.5 Å². The van der Waals surface area contributed by atoms with Gasteiger partial charge in [0.1, 0.15) is 5.69 Å². The lowest BCUT2D eigenvalue weighted by molar-refractivity contribution is 0.0954. The summed E-state index contributed by atoms with van der Waals surface area (Å²) in [5, 5.41) is 4.47. The van der Waals surface area contributed by atoms with E-state index in [1.165, 1.54) is 0 Å². The molecule has 0 N–H and O–H groups in total. The number of carbonyl (C=O) groups is 1. The van der Waals surface area contributed by atoms with Crippen LogP contribution in [0.3, 0.4) is 0 Å². The molecule has 0 bridgehead atoms. The molecule has 0 saturated carbocycles. The summed E-state index contributed by atoms with van der Waals surface area (Å²) in [6.07, 6.45) is 3.55. The van der Waals surface area contributed by atoms with E-state index in [1.54, 1.807) is 12.4 Å². The van der Waals surface area contributed by atoms with Gasteiger partial charge in [-0.2, -0.15) is 5.10 Å². The first kappa shape index (κ1) is 14.6. The van der Waals surface area contributed by atoms with Gasteiger partial charge in [0.25, 0.3) is 5.91 Å². The molecular weight excluding hydrogens is 300 g/mol. The van der Waals surface area contributed by atoms with E-state index in [4.69, 9.17) is 0 Å². The first-order valence-corrected chi connectivity index (χ1v) is 8.02. The molecule has 1 atom stereocenters. The minimum absolute atomic E-state index is 0.0127. The Kier molecular flexibility index (Phi) is 3.41. The summed E-state index contributed by atoms with van der Waals surface area (Å²) in [4.78, 5) is 19.2. The Morgan fingerprint density at radius 3 is 2.71 bits per heavy atom. The molecule has 4 rings (SSSR count). The summed E-state index contributed by atoms with van der Waals surface area (Å²) in [5.41, 5.74) is 4.31. The Bertz CT molecular complexity index is 901. The summed E-state index contributed by atoms with van der Waals surface area (Å²) >= 11 is 0. The molecule has 2 aromatic heterocycles. The topological polar surface area (TPSA) is 51.0 Å². The highest BCUT2D eigenvalue weighted by molar-refractivity contribution is 6.09. The Morgan fingerprint density at radius 1 is 1.17 bits per heavy atom. The van der Waals surface area contributed by atoms with Crippen molar-refractivity contribution < 1.29 is 4.79 Å². The van der Waals surface area contributed by atoms with Gasteiger partial charge in [-0.15, -0.1) is 0 Å². The fraction of sp³-hybridized carbons (Fsp3) is 0.211. The Hall–Kier alpha value is -2.95. The van der Waals surface area contributed by atoms with E-state index in [9.17, 15) is 4.79 Å². The summed E-state index contributed by atoms with van der Waals surface area (Å²) < 4.78 is 1.84. The van der Waals surface area contributed by atoms with Crippen LogP contribution in [0.25, 0.3) is 11.1 Å². The van der Waals surface area contributed by atoms with E-state index in [0.29, 0.717) is 12.2 Å². The van der Waals surface area contributed by atoms with Crippen LogP contribution in [0.4, 0.5) is 5.69 Å². The predicted molar refractivity (Wildman–Crippen MR) is 93.0 cm³/mol.